The zero-order valence-corrected chi connectivity index (χ0v) is 40.2. The third kappa shape index (κ3) is 8.35. The van der Waals surface area contributed by atoms with Crippen LogP contribution in [0.4, 0.5) is 0 Å². The molecule has 0 atom stereocenters. The van der Waals surface area contributed by atoms with Gasteiger partial charge >= 0.3 is 126 Å². The molecule has 0 unspecified atom stereocenters. The van der Waals surface area contributed by atoms with Crippen molar-refractivity contribution in [1.82, 2.24) is 19.5 Å². The topological polar surface area (TPSA) is 43.6 Å². The predicted octanol–water partition coefficient (Wildman–Crippen LogP) is 13.3. The summed E-state index contributed by atoms with van der Waals surface area (Å²) in [6.07, 6.45) is 3.27. The van der Waals surface area contributed by atoms with Crippen LogP contribution in [-0.2, 0) is 31.9 Å². The van der Waals surface area contributed by atoms with Crippen LogP contribution < -0.4 is 4.40 Å². The number of aromatic nitrogens is 4. The number of benzene rings is 5. The van der Waals surface area contributed by atoms with Crippen LogP contribution in [0, 0.1) is 25.0 Å². The molecule has 0 spiro atoms. The van der Waals surface area contributed by atoms with Crippen molar-refractivity contribution in [2.24, 2.45) is 5.92 Å². The maximum absolute atomic E-state index is 5.31. The minimum absolute atomic E-state index is 0. The zero-order valence-electron chi connectivity index (χ0n) is 34.9. The van der Waals surface area contributed by atoms with Crippen molar-refractivity contribution >= 4 is 71.1 Å². The fourth-order valence-electron chi connectivity index (χ4n) is 7.71. The standard InChI is InChI=1S/C33H26N3S.C18H24GeN.Ir/c1-20-12-18-26-25-10-7-11-27(30(25)37-32(26)34-20)31-35-29-24-9-6-5-8-21(24)13-19-28(29)36(31)23-16-14-22(15-17-23)33(2,3)4;1-14(2)11-16-12-18(15-9-7-6-8-10-15)20-13-17(16)19(3,4)5;/h5-10,12-19H,1-4H3;6-9,12-14H,11H2,1-5H3;/q2*-1;. The van der Waals surface area contributed by atoms with Gasteiger partial charge in [0.1, 0.15) is 4.83 Å². The van der Waals surface area contributed by atoms with E-state index in [1.165, 1.54) is 32.0 Å². The largest absolute Gasteiger partial charge is 0.333 e. The first-order valence-corrected chi connectivity index (χ1v) is 28.1. The van der Waals surface area contributed by atoms with E-state index in [1.54, 1.807) is 15.7 Å². The second kappa shape index (κ2) is 16.7. The van der Waals surface area contributed by atoms with Crippen molar-refractivity contribution in [2.45, 2.75) is 70.6 Å². The molecular weight excluding hydrogens is 965 g/mol. The van der Waals surface area contributed by atoms with Crippen LogP contribution in [0.3, 0.4) is 0 Å². The Labute approximate surface area is 363 Å². The number of thiophene rings is 1. The molecule has 1 radical (unpaired) electrons. The molecule has 0 bridgehead atoms. The molecule has 0 aliphatic rings. The molecular formula is C51H50GeIrN4S-2. The first-order chi connectivity index (χ1) is 27.3. The predicted molar refractivity (Wildman–Crippen MR) is 247 cm³/mol. The summed E-state index contributed by atoms with van der Waals surface area (Å²) < 4.78 is 5.00. The Balaban J connectivity index is 0.000000208. The molecule has 4 nitrogen and oxygen atoms in total. The summed E-state index contributed by atoms with van der Waals surface area (Å²) in [7, 11) is 0. The molecule has 0 N–H and O–H groups in total. The van der Waals surface area contributed by atoms with Crippen molar-refractivity contribution in [2.75, 3.05) is 0 Å². The molecule has 0 saturated carbocycles. The second-order valence-electron chi connectivity index (χ2n) is 17.6. The van der Waals surface area contributed by atoms with Gasteiger partial charge in [0.15, 0.2) is 0 Å². The van der Waals surface area contributed by atoms with E-state index in [0.717, 1.165) is 61.7 Å². The van der Waals surface area contributed by atoms with E-state index in [-0.39, 0.29) is 25.5 Å². The average Bonchev–Trinajstić information content (AvgIpc) is 3.76. The van der Waals surface area contributed by atoms with Gasteiger partial charge in [-0.05, 0) is 57.6 Å². The van der Waals surface area contributed by atoms with Gasteiger partial charge < -0.3 is 4.57 Å². The normalized spacial score (nSPS) is 12.0. The van der Waals surface area contributed by atoms with Gasteiger partial charge in [0, 0.05) is 36.9 Å². The SMILES string of the molecule is CC(C)Cc1cc(-c2[c-]cccc2)nc[c]1[Ge]([CH3])([CH3])[CH3].Cc1ccc2c(n1)sc1c(-c3nc4c5ccccc5ccc4n3-c3ccc(C(C)(C)C)cc3)[c-]ccc12.[Ir]. The van der Waals surface area contributed by atoms with Crippen molar-refractivity contribution in [3.8, 4) is 28.3 Å². The zero-order chi connectivity index (χ0) is 40.1. The quantitative estimate of drug-likeness (QED) is 0.123. The minimum Gasteiger partial charge on any atom is -0.333 e. The van der Waals surface area contributed by atoms with Crippen LogP contribution in [-0.4, -0.2) is 32.8 Å². The number of imidazole rings is 1. The Morgan fingerprint density at radius 3 is 2.24 bits per heavy atom. The Morgan fingerprint density at radius 1 is 0.776 bits per heavy atom. The molecule has 58 heavy (non-hydrogen) atoms. The number of aryl methyl sites for hydroxylation is 1. The van der Waals surface area contributed by atoms with Gasteiger partial charge in [0.25, 0.3) is 0 Å². The van der Waals surface area contributed by atoms with Gasteiger partial charge in [-0.25, -0.2) is 4.98 Å². The average molecular weight is 1020 g/mol. The van der Waals surface area contributed by atoms with Crippen LogP contribution in [0.2, 0.25) is 17.3 Å². The number of hydrogen-bond acceptors (Lipinski definition) is 4. The maximum Gasteiger partial charge on any atom is 0.113 e. The second-order valence-corrected chi connectivity index (χ2v) is 29.1. The van der Waals surface area contributed by atoms with Crippen LogP contribution in [0.15, 0.2) is 121 Å². The first-order valence-electron chi connectivity index (χ1n) is 19.9. The van der Waals surface area contributed by atoms with E-state index in [2.05, 4.69) is 166 Å². The summed E-state index contributed by atoms with van der Waals surface area (Å²) in [5.74, 6) is 8.90. The summed E-state index contributed by atoms with van der Waals surface area (Å²) in [6.45, 7) is 13.4. The molecule has 9 rings (SSSR count). The van der Waals surface area contributed by atoms with Crippen LogP contribution in [0.1, 0.15) is 51.4 Å². The monoisotopic (exact) mass is 1020 g/mol. The van der Waals surface area contributed by atoms with Crippen LogP contribution >= 0.6 is 11.3 Å². The van der Waals surface area contributed by atoms with Gasteiger partial charge in [-0.1, -0.05) is 80.3 Å². The van der Waals surface area contributed by atoms with E-state index in [4.69, 9.17) is 15.0 Å². The van der Waals surface area contributed by atoms with E-state index in [1.807, 2.05) is 31.2 Å². The van der Waals surface area contributed by atoms with Gasteiger partial charge in [-0.2, -0.15) is 11.3 Å². The number of rotatable bonds is 6. The van der Waals surface area contributed by atoms with E-state index in [0.29, 0.717) is 5.92 Å². The Bertz CT molecular complexity index is 2880. The molecule has 295 valence electrons. The fourth-order valence-corrected chi connectivity index (χ4v) is 12.3. The minimum atomic E-state index is -1.86. The molecule has 0 saturated heterocycles. The van der Waals surface area contributed by atoms with Gasteiger partial charge in [-0.15, -0.1) is 18.2 Å². The number of fused-ring (bicyclic) bond motifs is 6. The number of pyridine rings is 2. The molecule has 0 fully saturated rings. The Kier molecular flexibility index (Phi) is 12.0. The van der Waals surface area contributed by atoms with E-state index >= 15 is 0 Å². The van der Waals surface area contributed by atoms with Gasteiger partial charge in [0.2, 0.25) is 0 Å². The third-order valence-electron chi connectivity index (χ3n) is 10.6. The molecule has 5 aromatic carbocycles. The summed E-state index contributed by atoms with van der Waals surface area (Å²) >= 11 is -0.133. The Hall–Kier alpha value is -4.46. The number of hydrogen-bond donors (Lipinski definition) is 0. The molecule has 7 heteroatoms. The smallest absolute Gasteiger partial charge is 0.113 e. The molecule has 0 amide bonds. The molecule has 0 aliphatic heterocycles. The third-order valence-corrected chi connectivity index (χ3v) is 16.1. The summed E-state index contributed by atoms with van der Waals surface area (Å²) in [5.41, 5.74) is 10.3. The van der Waals surface area contributed by atoms with Gasteiger partial charge in [0.05, 0.1) is 16.9 Å². The summed E-state index contributed by atoms with van der Waals surface area (Å²) in [4.78, 5) is 15.9. The Morgan fingerprint density at radius 2 is 1.53 bits per heavy atom. The van der Waals surface area contributed by atoms with Crippen molar-refractivity contribution in [3.05, 3.63) is 150 Å². The molecule has 9 aromatic rings. The molecule has 4 aromatic heterocycles. The van der Waals surface area contributed by atoms with Crippen molar-refractivity contribution in [3.63, 3.8) is 0 Å². The fraction of sp³-hybridized carbons (Fsp3) is 0.235. The van der Waals surface area contributed by atoms with Crippen molar-refractivity contribution in [1.29, 1.82) is 0 Å². The molecule has 0 aliphatic carbocycles. The molecule has 4 heterocycles. The van der Waals surface area contributed by atoms with Gasteiger partial charge in [-0.3, -0.25) is 4.98 Å². The van der Waals surface area contributed by atoms with E-state index < -0.39 is 13.3 Å². The van der Waals surface area contributed by atoms with Crippen molar-refractivity contribution < 1.29 is 20.1 Å². The van der Waals surface area contributed by atoms with Crippen LogP contribution in [0.5, 0.6) is 0 Å². The van der Waals surface area contributed by atoms with E-state index in [9.17, 15) is 0 Å². The maximum atomic E-state index is 5.31. The summed E-state index contributed by atoms with van der Waals surface area (Å²) in [5, 5.41) is 4.74. The number of nitrogens with zero attached hydrogens (tertiary/aromatic N) is 4. The van der Waals surface area contributed by atoms with Crippen LogP contribution in [0.25, 0.3) is 70.4 Å². The first kappa shape index (κ1) is 41.7. The summed E-state index contributed by atoms with van der Waals surface area (Å²) in [6, 6.07) is 47.4.